The van der Waals surface area contributed by atoms with Crippen LogP contribution in [0, 0.1) is 5.92 Å². The van der Waals surface area contributed by atoms with Crippen LogP contribution in [0.15, 0.2) is 5.38 Å². The van der Waals surface area contributed by atoms with E-state index in [1.165, 1.54) is 11.5 Å². The lowest BCUT2D eigenvalue weighted by Crippen LogP contribution is -2.19. The first-order valence-electron chi connectivity index (χ1n) is 3.88. The van der Waals surface area contributed by atoms with Gasteiger partial charge in [0, 0.05) is 11.3 Å². The van der Waals surface area contributed by atoms with Crippen molar-refractivity contribution in [2.75, 3.05) is 13.2 Å². The highest BCUT2D eigenvalue weighted by Gasteiger charge is 2.26. The molecule has 1 aromatic rings. The lowest BCUT2D eigenvalue weighted by atomic mass is 10.0. The van der Waals surface area contributed by atoms with Crippen LogP contribution in [0.25, 0.3) is 0 Å². The van der Waals surface area contributed by atoms with Crippen molar-refractivity contribution in [3.8, 4) is 0 Å². The van der Waals surface area contributed by atoms with Crippen molar-refractivity contribution in [3.05, 3.63) is 11.1 Å². The molecular formula is C7H10N2O2S. The minimum absolute atomic E-state index is 0.203. The molecule has 0 aromatic carbocycles. The van der Waals surface area contributed by atoms with Gasteiger partial charge in [0.2, 0.25) is 0 Å². The Balaban J connectivity index is 1.95. The molecule has 0 saturated carbocycles. The Morgan fingerprint density at radius 1 is 1.67 bits per heavy atom. The van der Waals surface area contributed by atoms with Gasteiger partial charge in [-0.15, -0.1) is 5.10 Å². The van der Waals surface area contributed by atoms with Gasteiger partial charge in [-0.25, -0.2) is 0 Å². The highest BCUT2D eigenvalue weighted by atomic mass is 32.1. The third kappa shape index (κ3) is 1.63. The summed E-state index contributed by atoms with van der Waals surface area (Å²) in [4.78, 5) is 0. The van der Waals surface area contributed by atoms with E-state index in [0.717, 1.165) is 12.1 Å². The lowest BCUT2D eigenvalue weighted by molar-refractivity contribution is 0.118. The molecule has 0 radical (unpaired) electrons. The first-order chi connectivity index (χ1) is 5.86. The van der Waals surface area contributed by atoms with Gasteiger partial charge in [-0.05, 0) is 18.0 Å². The van der Waals surface area contributed by atoms with E-state index in [9.17, 15) is 5.11 Å². The quantitative estimate of drug-likeness (QED) is 0.711. The van der Waals surface area contributed by atoms with Crippen molar-refractivity contribution < 1.29 is 9.84 Å². The van der Waals surface area contributed by atoms with E-state index in [1.807, 2.05) is 5.38 Å². The molecule has 0 amide bonds. The maximum absolute atomic E-state index is 9.42. The van der Waals surface area contributed by atoms with Gasteiger partial charge in [0.1, 0.15) is 0 Å². The zero-order chi connectivity index (χ0) is 8.39. The molecule has 66 valence electrons. The van der Waals surface area contributed by atoms with Gasteiger partial charge >= 0.3 is 0 Å². The summed E-state index contributed by atoms with van der Waals surface area (Å²) in [5.74, 6) is 0.203. The summed E-state index contributed by atoms with van der Waals surface area (Å²) < 4.78 is 8.88. The Bertz CT molecular complexity index is 240. The van der Waals surface area contributed by atoms with Gasteiger partial charge in [0.05, 0.1) is 25.0 Å². The van der Waals surface area contributed by atoms with Crippen LogP contribution in [-0.2, 0) is 11.2 Å². The van der Waals surface area contributed by atoms with E-state index < -0.39 is 0 Å². The molecule has 1 aliphatic heterocycles. The molecule has 0 spiro atoms. The number of aliphatic hydroxyl groups is 1. The third-order valence-corrected chi connectivity index (χ3v) is 2.59. The summed E-state index contributed by atoms with van der Waals surface area (Å²) in [6.07, 6.45) is 0.448. The minimum Gasteiger partial charge on any atom is -0.390 e. The molecule has 0 aliphatic carbocycles. The summed E-state index contributed by atoms with van der Waals surface area (Å²) in [5.41, 5.74) is 0.953. The van der Waals surface area contributed by atoms with Crippen molar-refractivity contribution in [1.29, 1.82) is 0 Å². The lowest BCUT2D eigenvalue weighted by Gasteiger charge is -2.08. The number of ether oxygens (including phenoxy) is 1. The van der Waals surface area contributed by atoms with Crippen molar-refractivity contribution in [3.63, 3.8) is 0 Å². The number of aromatic nitrogens is 2. The molecule has 12 heavy (non-hydrogen) atoms. The van der Waals surface area contributed by atoms with Crippen LogP contribution in [0.3, 0.4) is 0 Å². The average Bonchev–Trinajstić information content (AvgIpc) is 2.65. The summed E-state index contributed by atoms with van der Waals surface area (Å²) in [6.45, 7) is 1.10. The standard InChI is InChI=1S/C7H10N2O2S/c10-7-3-11-2-5(7)1-6-4-12-9-8-6/h4-5,7,10H,1-3H2. The molecule has 5 heteroatoms. The van der Waals surface area contributed by atoms with E-state index >= 15 is 0 Å². The SMILES string of the molecule is OC1COCC1Cc1csnn1. The number of nitrogens with zero attached hydrogens (tertiary/aromatic N) is 2. The number of aliphatic hydroxyl groups excluding tert-OH is 1. The number of hydrogen-bond acceptors (Lipinski definition) is 5. The minimum atomic E-state index is -0.327. The van der Waals surface area contributed by atoms with Gasteiger partial charge in [-0.2, -0.15) is 0 Å². The second-order valence-corrected chi connectivity index (χ2v) is 3.58. The maximum atomic E-state index is 9.42. The molecule has 1 aromatic heterocycles. The van der Waals surface area contributed by atoms with Crippen molar-refractivity contribution >= 4 is 11.5 Å². The highest BCUT2D eigenvalue weighted by Crippen LogP contribution is 2.17. The number of hydrogen-bond donors (Lipinski definition) is 1. The first-order valence-corrected chi connectivity index (χ1v) is 4.71. The van der Waals surface area contributed by atoms with Crippen LogP contribution in [0.5, 0.6) is 0 Å². The summed E-state index contributed by atoms with van der Waals surface area (Å²) in [7, 11) is 0. The van der Waals surface area contributed by atoms with Crippen LogP contribution in [0.2, 0.25) is 0 Å². The molecule has 2 rings (SSSR count). The molecule has 1 fully saturated rings. The van der Waals surface area contributed by atoms with E-state index in [-0.39, 0.29) is 12.0 Å². The molecule has 2 atom stereocenters. The van der Waals surface area contributed by atoms with E-state index in [1.54, 1.807) is 0 Å². The Morgan fingerprint density at radius 3 is 3.17 bits per heavy atom. The Kier molecular flexibility index (Phi) is 2.34. The fourth-order valence-electron chi connectivity index (χ4n) is 1.32. The van der Waals surface area contributed by atoms with Crippen LogP contribution in [0.1, 0.15) is 5.69 Å². The van der Waals surface area contributed by atoms with Gasteiger partial charge in [0.25, 0.3) is 0 Å². The summed E-state index contributed by atoms with van der Waals surface area (Å²) in [6, 6.07) is 0. The first kappa shape index (κ1) is 8.10. The maximum Gasteiger partial charge on any atom is 0.0827 e. The van der Waals surface area contributed by atoms with Crippen LogP contribution < -0.4 is 0 Å². The fourth-order valence-corrected chi connectivity index (χ4v) is 1.79. The van der Waals surface area contributed by atoms with Crippen molar-refractivity contribution in [2.45, 2.75) is 12.5 Å². The highest BCUT2D eigenvalue weighted by molar-refractivity contribution is 7.03. The molecule has 2 unspecified atom stereocenters. The Labute approximate surface area is 74.3 Å². The van der Waals surface area contributed by atoms with E-state index in [0.29, 0.717) is 13.2 Å². The topological polar surface area (TPSA) is 55.2 Å². The van der Waals surface area contributed by atoms with E-state index in [2.05, 4.69) is 9.59 Å². The number of rotatable bonds is 2. The van der Waals surface area contributed by atoms with Gasteiger partial charge < -0.3 is 9.84 Å². The zero-order valence-electron chi connectivity index (χ0n) is 6.51. The second kappa shape index (κ2) is 3.47. The zero-order valence-corrected chi connectivity index (χ0v) is 7.33. The molecule has 0 bridgehead atoms. The Hall–Kier alpha value is -0.520. The van der Waals surface area contributed by atoms with Gasteiger partial charge in [0.15, 0.2) is 0 Å². The fraction of sp³-hybridized carbons (Fsp3) is 0.714. The molecule has 1 saturated heterocycles. The predicted octanol–water partition coefficient (Wildman–Crippen LogP) is 0.0879. The van der Waals surface area contributed by atoms with Crippen LogP contribution >= 0.6 is 11.5 Å². The van der Waals surface area contributed by atoms with Gasteiger partial charge in [-0.3, -0.25) is 0 Å². The van der Waals surface area contributed by atoms with Gasteiger partial charge in [-0.1, -0.05) is 4.49 Å². The second-order valence-electron chi connectivity index (χ2n) is 2.97. The molecule has 4 nitrogen and oxygen atoms in total. The van der Waals surface area contributed by atoms with Crippen LogP contribution in [0.4, 0.5) is 0 Å². The normalized spacial score (nSPS) is 29.4. The van der Waals surface area contributed by atoms with E-state index in [4.69, 9.17) is 4.74 Å². The molecule has 1 N–H and O–H groups in total. The summed E-state index contributed by atoms with van der Waals surface area (Å²) >= 11 is 1.34. The molecular weight excluding hydrogens is 176 g/mol. The summed E-state index contributed by atoms with van der Waals surface area (Å²) in [5, 5.41) is 15.2. The third-order valence-electron chi connectivity index (χ3n) is 2.04. The average molecular weight is 186 g/mol. The monoisotopic (exact) mass is 186 g/mol. The smallest absolute Gasteiger partial charge is 0.0827 e. The molecule has 1 aliphatic rings. The largest absolute Gasteiger partial charge is 0.390 e. The molecule has 2 heterocycles. The Morgan fingerprint density at radius 2 is 2.58 bits per heavy atom. The van der Waals surface area contributed by atoms with Crippen molar-refractivity contribution in [2.24, 2.45) is 5.92 Å². The van der Waals surface area contributed by atoms with Crippen LogP contribution in [-0.4, -0.2) is 34.0 Å². The van der Waals surface area contributed by atoms with Crippen molar-refractivity contribution in [1.82, 2.24) is 9.59 Å². The predicted molar refractivity (Wildman–Crippen MR) is 43.9 cm³/mol.